The van der Waals surface area contributed by atoms with Crippen LogP contribution in [0.5, 0.6) is 5.75 Å². The van der Waals surface area contributed by atoms with Gasteiger partial charge in [0, 0.05) is 33.2 Å². The average Bonchev–Trinajstić information content (AvgIpc) is 2.87. The highest BCUT2D eigenvalue weighted by molar-refractivity contribution is 7.89. The number of ether oxygens (including phenoxy) is 1. The SMILES string of the molecule is Cc1nn(C)c(C)c1S(=O)(=O)N1CCCN(S(=O)(=O)CCOc2ccccc2)CC1. The van der Waals surface area contributed by atoms with Gasteiger partial charge < -0.3 is 4.74 Å². The molecule has 30 heavy (non-hydrogen) atoms. The van der Waals surface area contributed by atoms with Crippen LogP contribution < -0.4 is 4.74 Å². The van der Waals surface area contributed by atoms with Crippen molar-refractivity contribution in [1.29, 1.82) is 0 Å². The standard InChI is InChI=1S/C19H28N4O5S2/c1-16-19(17(2)21(3)20-16)30(26,27)23-11-7-10-22(12-13-23)29(24,25)15-14-28-18-8-5-4-6-9-18/h4-6,8-9H,7,10-15H2,1-3H3. The van der Waals surface area contributed by atoms with E-state index in [0.717, 1.165) is 0 Å². The summed E-state index contributed by atoms with van der Waals surface area (Å²) < 4.78 is 61.6. The van der Waals surface area contributed by atoms with Gasteiger partial charge in [-0.15, -0.1) is 0 Å². The molecule has 0 radical (unpaired) electrons. The van der Waals surface area contributed by atoms with Gasteiger partial charge in [0.1, 0.15) is 17.3 Å². The van der Waals surface area contributed by atoms with Crippen molar-refractivity contribution in [1.82, 2.24) is 18.4 Å². The van der Waals surface area contributed by atoms with Gasteiger partial charge in [0.2, 0.25) is 20.0 Å². The molecule has 0 N–H and O–H groups in total. The van der Waals surface area contributed by atoms with Crippen molar-refractivity contribution in [2.75, 3.05) is 38.5 Å². The van der Waals surface area contributed by atoms with Gasteiger partial charge in [0.25, 0.3) is 0 Å². The van der Waals surface area contributed by atoms with E-state index in [9.17, 15) is 16.8 Å². The zero-order valence-electron chi connectivity index (χ0n) is 17.5. The smallest absolute Gasteiger partial charge is 0.246 e. The number of para-hydroxylation sites is 1. The number of aromatic nitrogens is 2. The Kier molecular flexibility index (Phi) is 6.85. The molecule has 0 unspecified atom stereocenters. The highest BCUT2D eigenvalue weighted by Gasteiger charge is 2.33. The van der Waals surface area contributed by atoms with E-state index in [0.29, 0.717) is 23.6 Å². The van der Waals surface area contributed by atoms with Gasteiger partial charge in [-0.1, -0.05) is 18.2 Å². The minimum Gasteiger partial charge on any atom is -0.492 e. The zero-order valence-corrected chi connectivity index (χ0v) is 19.1. The summed E-state index contributed by atoms with van der Waals surface area (Å²) in [7, 11) is -5.59. The first-order valence-corrected chi connectivity index (χ1v) is 12.8. The first kappa shape index (κ1) is 22.7. The predicted molar refractivity (Wildman–Crippen MR) is 113 cm³/mol. The predicted octanol–water partition coefficient (Wildman–Crippen LogP) is 1.14. The molecule has 11 heteroatoms. The summed E-state index contributed by atoms with van der Waals surface area (Å²) in [4.78, 5) is 0.206. The lowest BCUT2D eigenvalue weighted by Crippen LogP contribution is -2.39. The lowest BCUT2D eigenvalue weighted by molar-refractivity contribution is 0.334. The molecule has 1 aromatic heterocycles. The summed E-state index contributed by atoms with van der Waals surface area (Å²) in [6.07, 6.45) is 0.427. The lowest BCUT2D eigenvalue weighted by atomic mass is 10.3. The van der Waals surface area contributed by atoms with Gasteiger partial charge in [0.15, 0.2) is 0 Å². The molecule has 3 rings (SSSR count). The van der Waals surface area contributed by atoms with Crippen molar-refractivity contribution < 1.29 is 21.6 Å². The van der Waals surface area contributed by atoms with Crippen molar-refractivity contribution in [3.63, 3.8) is 0 Å². The summed E-state index contributed by atoms with van der Waals surface area (Å²) in [6.45, 7) is 4.20. The van der Waals surface area contributed by atoms with Crippen LogP contribution in [-0.4, -0.2) is 73.8 Å². The van der Waals surface area contributed by atoms with E-state index in [1.165, 1.54) is 8.61 Å². The Balaban J connectivity index is 1.65. The van der Waals surface area contributed by atoms with E-state index in [4.69, 9.17) is 4.74 Å². The van der Waals surface area contributed by atoms with Crippen LogP contribution in [0.2, 0.25) is 0 Å². The molecule has 166 valence electrons. The van der Waals surface area contributed by atoms with Gasteiger partial charge in [-0.05, 0) is 32.4 Å². The van der Waals surface area contributed by atoms with E-state index in [1.807, 2.05) is 18.2 Å². The number of benzene rings is 1. The van der Waals surface area contributed by atoms with Crippen molar-refractivity contribution in [2.24, 2.45) is 7.05 Å². The summed E-state index contributed by atoms with van der Waals surface area (Å²) >= 11 is 0. The second-order valence-electron chi connectivity index (χ2n) is 7.26. The zero-order chi connectivity index (χ0) is 21.9. The molecule has 1 saturated heterocycles. The Morgan fingerprint density at radius 1 is 0.967 bits per heavy atom. The van der Waals surface area contributed by atoms with E-state index in [1.54, 1.807) is 37.7 Å². The Hall–Kier alpha value is -1.95. The average molecular weight is 457 g/mol. The van der Waals surface area contributed by atoms with Crippen molar-refractivity contribution in [3.05, 3.63) is 41.7 Å². The van der Waals surface area contributed by atoms with Crippen LogP contribution >= 0.6 is 0 Å². The van der Waals surface area contributed by atoms with Crippen LogP contribution in [0.4, 0.5) is 0 Å². The van der Waals surface area contributed by atoms with Gasteiger partial charge in [-0.3, -0.25) is 4.68 Å². The Labute approximate surface area is 178 Å². The molecule has 0 bridgehead atoms. The molecule has 2 heterocycles. The summed E-state index contributed by atoms with van der Waals surface area (Å²) in [6, 6.07) is 9.03. The number of aryl methyl sites for hydroxylation is 2. The molecular weight excluding hydrogens is 428 g/mol. The van der Waals surface area contributed by atoms with Crippen LogP contribution in [0.25, 0.3) is 0 Å². The van der Waals surface area contributed by atoms with Gasteiger partial charge in [-0.2, -0.15) is 9.40 Å². The molecule has 0 spiro atoms. The molecule has 0 aliphatic carbocycles. The fourth-order valence-electron chi connectivity index (χ4n) is 3.56. The molecule has 9 nitrogen and oxygen atoms in total. The first-order valence-electron chi connectivity index (χ1n) is 9.79. The van der Waals surface area contributed by atoms with E-state index in [-0.39, 0.29) is 43.4 Å². The van der Waals surface area contributed by atoms with E-state index in [2.05, 4.69) is 5.10 Å². The maximum Gasteiger partial charge on any atom is 0.246 e. The number of sulfonamides is 2. The highest BCUT2D eigenvalue weighted by Crippen LogP contribution is 2.24. The normalized spacial score (nSPS) is 17.0. The van der Waals surface area contributed by atoms with Gasteiger partial charge in [-0.25, -0.2) is 21.1 Å². The lowest BCUT2D eigenvalue weighted by Gasteiger charge is -2.22. The van der Waals surface area contributed by atoms with Crippen LogP contribution in [-0.2, 0) is 27.1 Å². The third-order valence-corrected chi connectivity index (χ3v) is 9.19. The largest absolute Gasteiger partial charge is 0.492 e. The molecule has 0 amide bonds. The van der Waals surface area contributed by atoms with E-state index < -0.39 is 20.0 Å². The molecule has 0 atom stereocenters. The number of hydrogen-bond acceptors (Lipinski definition) is 6. The second-order valence-corrected chi connectivity index (χ2v) is 11.2. The number of hydrogen-bond donors (Lipinski definition) is 0. The Morgan fingerprint density at radius 3 is 2.23 bits per heavy atom. The summed E-state index contributed by atoms with van der Waals surface area (Å²) in [5.74, 6) is 0.457. The monoisotopic (exact) mass is 456 g/mol. The fourth-order valence-corrected chi connectivity index (χ4v) is 6.74. The topological polar surface area (TPSA) is 102 Å². The first-order chi connectivity index (χ1) is 14.1. The van der Waals surface area contributed by atoms with Crippen molar-refractivity contribution in [3.8, 4) is 5.75 Å². The third-order valence-electron chi connectivity index (χ3n) is 5.20. The maximum absolute atomic E-state index is 13.2. The minimum atomic E-state index is -3.74. The van der Waals surface area contributed by atoms with Crippen molar-refractivity contribution in [2.45, 2.75) is 25.2 Å². The molecule has 1 aliphatic rings. The van der Waals surface area contributed by atoms with Crippen LogP contribution in [0.15, 0.2) is 35.2 Å². The quantitative estimate of drug-likeness (QED) is 0.619. The molecular formula is C19H28N4O5S2. The van der Waals surface area contributed by atoms with Gasteiger partial charge >= 0.3 is 0 Å². The third kappa shape index (κ3) is 4.85. The second kappa shape index (κ2) is 9.04. The van der Waals surface area contributed by atoms with Crippen LogP contribution in [0, 0.1) is 13.8 Å². The minimum absolute atomic E-state index is 0.0406. The molecule has 2 aromatic rings. The number of nitrogens with zero attached hydrogens (tertiary/aromatic N) is 4. The summed E-state index contributed by atoms with van der Waals surface area (Å²) in [5.41, 5.74) is 1.01. The maximum atomic E-state index is 13.2. The highest BCUT2D eigenvalue weighted by atomic mass is 32.2. The molecule has 0 saturated carbocycles. The molecule has 1 aromatic carbocycles. The molecule has 1 fully saturated rings. The Morgan fingerprint density at radius 2 is 1.60 bits per heavy atom. The van der Waals surface area contributed by atoms with Crippen molar-refractivity contribution >= 4 is 20.0 Å². The number of rotatable bonds is 7. The van der Waals surface area contributed by atoms with E-state index >= 15 is 0 Å². The van der Waals surface area contributed by atoms with Crippen LogP contribution in [0.1, 0.15) is 17.8 Å². The summed E-state index contributed by atoms with van der Waals surface area (Å²) in [5, 5.41) is 4.20. The molecule has 1 aliphatic heterocycles. The fraction of sp³-hybridized carbons (Fsp3) is 0.526. The Bertz CT molecular complexity index is 1080. The van der Waals surface area contributed by atoms with Gasteiger partial charge in [0.05, 0.1) is 17.1 Å². The van der Waals surface area contributed by atoms with Crippen LogP contribution in [0.3, 0.4) is 0 Å².